The zero-order valence-corrected chi connectivity index (χ0v) is 16.9. The van der Waals surface area contributed by atoms with E-state index in [1.165, 1.54) is 6.92 Å². The summed E-state index contributed by atoms with van der Waals surface area (Å²) in [5, 5.41) is 5.51. The fourth-order valence-electron chi connectivity index (χ4n) is 3.35. The van der Waals surface area contributed by atoms with Gasteiger partial charge in [0.2, 0.25) is 5.91 Å². The molecule has 1 aliphatic heterocycles. The number of anilines is 3. The third kappa shape index (κ3) is 4.72. The maximum absolute atomic E-state index is 12.6. The number of fused-ring (bicyclic) bond motifs is 1. The van der Waals surface area contributed by atoms with Crippen molar-refractivity contribution in [1.29, 1.82) is 0 Å². The number of nitrogens with one attached hydrogen (secondary N) is 2. The molecule has 0 radical (unpaired) electrons. The first-order chi connectivity index (χ1) is 15.0. The van der Waals surface area contributed by atoms with Crippen LogP contribution < -0.4 is 20.3 Å². The number of carbonyl (C=O) groups is 3. The molecule has 156 valence electrons. The van der Waals surface area contributed by atoms with E-state index < -0.39 is 0 Å². The Morgan fingerprint density at radius 1 is 0.935 bits per heavy atom. The van der Waals surface area contributed by atoms with Gasteiger partial charge >= 0.3 is 0 Å². The molecule has 0 saturated heterocycles. The lowest BCUT2D eigenvalue weighted by atomic mass is 10.1. The van der Waals surface area contributed by atoms with E-state index in [1.54, 1.807) is 41.3 Å². The van der Waals surface area contributed by atoms with Crippen molar-refractivity contribution in [3.05, 3.63) is 83.9 Å². The molecule has 0 aliphatic carbocycles. The lowest BCUT2D eigenvalue weighted by Crippen LogP contribution is -2.38. The minimum Gasteiger partial charge on any atom is -0.482 e. The van der Waals surface area contributed by atoms with Gasteiger partial charge in [-0.2, -0.15) is 0 Å². The molecule has 0 spiro atoms. The van der Waals surface area contributed by atoms with Gasteiger partial charge in [-0.3, -0.25) is 14.4 Å². The van der Waals surface area contributed by atoms with Gasteiger partial charge < -0.3 is 20.3 Å². The van der Waals surface area contributed by atoms with E-state index in [4.69, 9.17) is 4.74 Å². The van der Waals surface area contributed by atoms with Crippen LogP contribution in [-0.4, -0.2) is 24.3 Å². The zero-order chi connectivity index (χ0) is 21.8. The number of para-hydroxylation sites is 2. The molecule has 0 saturated carbocycles. The Labute approximate surface area is 179 Å². The highest BCUT2D eigenvalue weighted by atomic mass is 16.5. The summed E-state index contributed by atoms with van der Waals surface area (Å²) in [5.74, 6) is 0.124. The van der Waals surface area contributed by atoms with Crippen LogP contribution in [-0.2, 0) is 16.1 Å². The summed E-state index contributed by atoms with van der Waals surface area (Å²) in [6.07, 6.45) is 0. The predicted octanol–water partition coefficient (Wildman–Crippen LogP) is 3.82. The second kappa shape index (κ2) is 8.71. The Bertz CT molecular complexity index is 1140. The van der Waals surface area contributed by atoms with E-state index >= 15 is 0 Å². The van der Waals surface area contributed by atoms with Crippen LogP contribution in [0.5, 0.6) is 5.75 Å². The summed E-state index contributed by atoms with van der Waals surface area (Å²) in [5.41, 5.74) is 3.31. The average Bonchev–Trinajstić information content (AvgIpc) is 2.76. The van der Waals surface area contributed by atoms with E-state index in [9.17, 15) is 14.4 Å². The summed E-state index contributed by atoms with van der Waals surface area (Å²) in [4.78, 5) is 37.8. The van der Waals surface area contributed by atoms with Crippen LogP contribution in [0.15, 0.2) is 72.8 Å². The van der Waals surface area contributed by atoms with Gasteiger partial charge in [0, 0.05) is 23.9 Å². The largest absolute Gasteiger partial charge is 0.482 e. The lowest BCUT2D eigenvalue weighted by Gasteiger charge is -2.29. The van der Waals surface area contributed by atoms with Crippen molar-refractivity contribution in [2.75, 3.05) is 22.1 Å². The topological polar surface area (TPSA) is 87.7 Å². The van der Waals surface area contributed by atoms with E-state index in [2.05, 4.69) is 10.6 Å². The van der Waals surface area contributed by atoms with E-state index in [0.717, 1.165) is 11.3 Å². The zero-order valence-electron chi connectivity index (χ0n) is 16.9. The van der Waals surface area contributed by atoms with Crippen molar-refractivity contribution in [2.24, 2.45) is 0 Å². The van der Waals surface area contributed by atoms with E-state index in [1.807, 2.05) is 36.4 Å². The Balaban J connectivity index is 1.44. The fraction of sp³-hybridized carbons (Fsp3) is 0.125. The number of hydrogen-bond donors (Lipinski definition) is 2. The molecule has 3 aromatic carbocycles. The van der Waals surface area contributed by atoms with Crippen LogP contribution in [0.2, 0.25) is 0 Å². The number of hydrogen-bond acceptors (Lipinski definition) is 4. The fourth-order valence-corrected chi connectivity index (χ4v) is 3.35. The molecule has 0 aromatic heterocycles. The van der Waals surface area contributed by atoms with E-state index in [0.29, 0.717) is 29.2 Å². The van der Waals surface area contributed by atoms with Crippen molar-refractivity contribution in [3.63, 3.8) is 0 Å². The molecular formula is C24H21N3O4. The molecule has 7 nitrogen and oxygen atoms in total. The maximum atomic E-state index is 12.6. The highest BCUT2D eigenvalue weighted by molar-refractivity contribution is 6.04. The monoisotopic (exact) mass is 415 g/mol. The Kier molecular flexibility index (Phi) is 5.66. The molecule has 0 atom stereocenters. The van der Waals surface area contributed by atoms with Gasteiger partial charge in [0.1, 0.15) is 5.75 Å². The van der Waals surface area contributed by atoms with Crippen molar-refractivity contribution in [3.8, 4) is 5.75 Å². The standard InChI is InChI=1S/C24H21N3O4/c1-16(28)25-19-5-4-6-20(13-19)26-24(30)18-11-9-17(10-12-18)14-27-21-7-2-3-8-22(21)31-15-23(27)29/h2-13H,14-15H2,1H3,(H,25,28)(H,26,30). The first-order valence-electron chi connectivity index (χ1n) is 9.80. The van der Waals surface area contributed by atoms with Gasteiger partial charge in [0.15, 0.2) is 6.61 Å². The lowest BCUT2D eigenvalue weighted by molar-refractivity contribution is -0.121. The Morgan fingerprint density at radius 3 is 2.39 bits per heavy atom. The molecule has 0 unspecified atom stereocenters. The van der Waals surface area contributed by atoms with Crippen LogP contribution in [0.3, 0.4) is 0 Å². The van der Waals surface area contributed by atoms with Crippen molar-refractivity contribution < 1.29 is 19.1 Å². The van der Waals surface area contributed by atoms with E-state index in [-0.39, 0.29) is 24.3 Å². The molecule has 0 fully saturated rings. The van der Waals surface area contributed by atoms with Crippen LogP contribution in [0.1, 0.15) is 22.8 Å². The minimum absolute atomic E-state index is 0.00898. The summed E-state index contributed by atoms with van der Waals surface area (Å²) >= 11 is 0. The molecule has 1 heterocycles. The van der Waals surface area contributed by atoms with Gasteiger partial charge in [0.05, 0.1) is 12.2 Å². The Morgan fingerprint density at radius 2 is 1.65 bits per heavy atom. The number of carbonyl (C=O) groups excluding carboxylic acids is 3. The second-order valence-electron chi connectivity index (χ2n) is 7.15. The molecule has 3 amide bonds. The first-order valence-corrected chi connectivity index (χ1v) is 9.80. The number of benzene rings is 3. The number of nitrogens with zero attached hydrogens (tertiary/aromatic N) is 1. The summed E-state index contributed by atoms with van der Waals surface area (Å²) in [6.45, 7) is 1.82. The normalized spacial score (nSPS) is 12.5. The number of ether oxygens (including phenoxy) is 1. The van der Waals surface area contributed by atoms with Crippen LogP contribution in [0, 0.1) is 0 Å². The van der Waals surface area contributed by atoms with Gasteiger partial charge in [0.25, 0.3) is 11.8 Å². The molecule has 7 heteroatoms. The van der Waals surface area contributed by atoms with Gasteiger partial charge in [-0.05, 0) is 48.0 Å². The van der Waals surface area contributed by atoms with Gasteiger partial charge in [-0.15, -0.1) is 0 Å². The van der Waals surface area contributed by atoms with Crippen molar-refractivity contribution in [1.82, 2.24) is 0 Å². The highest BCUT2D eigenvalue weighted by Crippen LogP contribution is 2.32. The quantitative estimate of drug-likeness (QED) is 0.663. The predicted molar refractivity (Wildman–Crippen MR) is 118 cm³/mol. The summed E-state index contributed by atoms with van der Waals surface area (Å²) in [6, 6.07) is 21.5. The van der Waals surface area contributed by atoms with Crippen LogP contribution in [0.4, 0.5) is 17.1 Å². The molecule has 31 heavy (non-hydrogen) atoms. The molecule has 2 N–H and O–H groups in total. The molecule has 1 aliphatic rings. The Hall–Kier alpha value is -4.13. The third-order valence-corrected chi connectivity index (χ3v) is 4.81. The number of rotatable bonds is 5. The minimum atomic E-state index is -0.265. The summed E-state index contributed by atoms with van der Waals surface area (Å²) in [7, 11) is 0. The smallest absolute Gasteiger partial charge is 0.265 e. The molecule has 3 aromatic rings. The number of amides is 3. The maximum Gasteiger partial charge on any atom is 0.265 e. The van der Waals surface area contributed by atoms with Gasteiger partial charge in [-0.1, -0.05) is 30.3 Å². The van der Waals surface area contributed by atoms with Crippen molar-refractivity contribution in [2.45, 2.75) is 13.5 Å². The average molecular weight is 415 g/mol. The SMILES string of the molecule is CC(=O)Nc1cccc(NC(=O)c2ccc(CN3C(=O)COc4ccccc43)cc2)c1. The second-order valence-corrected chi connectivity index (χ2v) is 7.15. The first kappa shape index (κ1) is 20.2. The van der Waals surface area contributed by atoms with Gasteiger partial charge in [-0.25, -0.2) is 0 Å². The molecule has 4 rings (SSSR count). The van der Waals surface area contributed by atoms with Crippen LogP contribution in [0.25, 0.3) is 0 Å². The third-order valence-electron chi connectivity index (χ3n) is 4.81. The molecule has 0 bridgehead atoms. The highest BCUT2D eigenvalue weighted by Gasteiger charge is 2.25. The van der Waals surface area contributed by atoms with Crippen LogP contribution >= 0.6 is 0 Å². The van der Waals surface area contributed by atoms with Crippen molar-refractivity contribution >= 4 is 34.8 Å². The molecular weight excluding hydrogens is 394 g/mol. The summed E-state index contributed by atoms with van der Waals surface area (Å²) < 4.78 is 5.47.